The van der Waals surface area contributed by atoms with Gasteiger partial charge in [0.25, 0.3) is 0 Å². The maximum Gasteiger partial charge on any atom is 0.148 e. The van der Waals surface area contributed by atoms with Crippen molar-refractivity contribution >= 4 is 0 Å². The first kappa shape index (κ1) is 8.22. The minimum absolute atomic E-state index is 0.0441. The smallest absolute Gasteiger partial charge is 0.148 e. The molecule has 3 atom stereocenters. The van der Waals surface area contributed by atoms with Crippen molar-refractivity contribution in [3.05, 3.63) is 9.81 Å². The van der Waals surface area contributed by atoms with Crippen LogP contribution < -0.4 is 0 Å². The summed E-state index contributed by atoms with van der Waals surface area (Å²) < 4.78 is 4.77. The van der Waals surface area contributed by atoms with Gasteiger partial charge in [-0.05, 0) is 0 Å². The first-order valence-electron chi connectivity index (χ1n) is 3.20. The molecule has 0 bridgehead atoms. The summed E-state index contributed by atoms with van der Waals surface area (Å²) in [5.41, 5.74) is 0. The molecule has 0 aliphatic carbocycles. The molecular weight excluding hydrogens is 152 g/mol. The third-order valence-electron chi connectivity index (χ3n) is 1.62. The molecule has 0 spiro atoms. The lowest BCUT2D eigenvalue weighted by molar-refractivity contribution is -0.0284. The lowest BCUT2D eigenvalue weighted by atomic mass is 10.0. The Morgan fingerprint density at radius 2 is 2.00 bits per heavy atom. The van der Waals surface area contributed by atoms with Crippen molar-refractivity contribution in [2.45, 2.75) is 18.2 Å². The molecule has 0 aromatic rings. The van der Waals surface area contributed by atoms with Crippen molar-refractivity contribution in [2.24, 2.45) is 10.4 Å². The van der Waals surface area contributed by atoms with Gasteiger partial charge < -0.3 is 9.84 Å². The van der Waals surface area contributed by atoms with E-state index in [0.717, 1.165) is 0 Å². The van der Waals surface area contributed by atoms with E-state index in [4.69, 9.17) is 9.84 Å². The molecule has 6 heteroatoms. The highest BCUT2D eigenvalue weighted by Gasteiger charge is 2.35. The largest absolute Gasteiger partial charge is 0.388 e. The van der Waals surface area contributed by atoms with Gasteiger partial charge in [-0.2, -0.15) is 9.81 Å². The Morgan fingerprint density at radius 1 is 1.27 bits per heavy atom. The van der Waals surface area contributed by atoms with Gasteiger partial charge in [0.2, 0.25) is 0 Å². The van der Waals surface area contributed by atoms with Gasteiger partial charge in [0, 0.05) is 0 Å². The first-order valence-corrected chi connectivity index (χ1v) is 3.20. The van der Waals surface area contributed by atoms with Crippen molar-refractivity contribution in [1.82, 2.24) is 0 Å². The Morgan fingerprint density at radius 3 is 2.45 bits per heavy atom. The molecule has 1 heterocycles. The van der Waals surface area contributed by atoms with E-state index in [2.05, 4.69) is 10.4 Å². The van der Waals surface area contributed by atoms with Crippen LogP contribution in [0.5, 0.6) is 0 Å². The minimum Gasteiger partial charge on any atom is -0.388 e. The molecule has 1 saturated heterocycles. The summed E-state index contributed by atoms with van der Waals surface area (Å²) in [4.78, 5) is 20.1. The van der Waals surface area contributed by atoms with Crippen LogP contribution in [0.1, 0.15) is 0 Å². The Balaban J connectivity index is 2.62. The molecule has 0 saturated carbocycles. The van der Waals surface area contributed by atoms with Crippen molar-refractivity contribution in [2.75, 3.05) is 13.2 Å². The molecule has 0 unspecified atom stereocenters. The molecule has 1 N–H and O–H groups in total. The van der Waals surface area contributed by atoms with Gasteiger partial charge in [0.05, 0.1) is 13.2 Å². The fraction of sp³-hybridized carbons (Fsp3) is 1.00. The predicted octanol–water partition coefficient (Wildman–Crippen LogP) is -0.353. The number of ether oxygens (including phenoxy) is 1. The molecule has 6 nitrogen and oxygen atoms in total. The minimum atomic E-state index is -0.996. The zero-order chi connectivity index (χ0) is 8.27. The molecule has 11 heavy (non-hydrogen) atoms. The number of aliphatic hydroxyl groups is 1. The van der Waals surface area contributed by atoms with E-state index in [-0.39, 0.29) is 13.2 Å². The summed E-state index contributed by atoms with van der Waals surface area (Å²) >= 11 is 0. The third-order valence-corrected chi connectivity index (χ3v) is 1.62. The number of rotatable bonds is 2. The van der Waals surface area contributed by atoms with Gasteiger partial charge in [-0.25, -0.2) is 0 Å². The second-order valence-electron chi connectivity index (χ2n) is 2.37. The number of nitroso groups, excluding NO2 is 2. The molecule has 62 valence electrons. The number of hydrogen-bond donors (Lipinski definition) is 1. The highest BCUT2D eigenvalue weighted by atomic mass is 16.5. The van der Waals surface area contributed by atoms with Crippen molar-refractivity contribution < 1.29 is 9.84 Å². The molecule has 1 fully saturated rings. The Hall–Kier alpha value is -0.880. The predicted molar refractivity (Wildman–Crippen MR) is 36.0 cm³/mol. The van der Waals surface area contributed by atoms with Gasteiger partial charge >= 0.3 is 0 Å². The van der Waals surface area contributed by atoms with Gasteiger partial charge in [-0.15, -0.1) is 0 Å². The van der Waals surface area contributed by atoms with E-state index in [1.165, 1.54) is 0 Å². The van der Waals surface area contributed by atoms with Crippen LogP contribution in [0.3, 0.4) is 0 Å². The van der Waals surface area contributed by atoms with Gasteiger partial charge in [-0.1, -0.05) is 10.4 Å². The van der Waals surface area contributed by atoms with Crippen molar-refractivity contribution in [3.63, 3.8) is 0 Å². The summed E-state index contributed by atoms with van der Waals surface area (Å²) in [6.45, 7) is 0.111. The molecule has 1 aliphatic heterocycles. The Labute approximate surface area is 62.5 Å². The van der Waals surface area contributed by atoms with Gasteiger partial charge in [0.15, 0.2) is 0 Å². The van der Waals surface area contributed by atoms with E-state index < -0.39 is 18.2 Å². The summed E-state index contributed by atoms with van der Waals surface area (Å²) in [6, 6.07) is -1.78. The second kappa shape index (κ2) is 3.49. The van der Waals surface area contributed by atoms with Crippen molar-refractivity contribution in [1.29, 1.82) is 0 Å². The quantitative estimate of drug-likeness (QED) is 0.559. The monoisotopic (exact) mass is 160 g/mol. The number of hydrogen-bond acceptors (Lipinski definition) is 6. The lowest BCUT2D eigenvalue weighted by Crippen LogP contribution is -2.45. The molecular formula is C5H8N2O4. The maximum absolute atomic E-state index is 10.1. The molecule has 0 aromatic carbocycles. The van der Waals surface area contributed by atoms with E-state index in [1.807, 2.05) is 0 Å². The fourth-order valence-electron chi connectivity index (χ4n) is 0.996. The molecule has 0 aromatic heterocycles. The fourth-order valence-corrected chi connectivity index (χ4v) is 0.996. The third kappa shape index (κ3) is 1.58. The van der Waals surface area contributed by atoms with E-state index in [0.29, 0.717) is 0 Å². The van der Waals surface area contributed by atoms with Crippen LogP contribution >= 0.6 is 0 Å². The highest BCUT2D eigenvalue weighted by Crippen LogP contribution is 2.14. The van der Waals surface area contributed by atoms with Crippen LogP contribution in [0.25, 0.3) is 0 Å². The molecule has 0 radical (unpaired) electrons. The second-order valence-corrected chi connectivity index (χ2v) is 2.37. The van der Waals surface area contributed by atoms with Crippen LogP contribution in [-0.2, 0) is 4.74 Å². The van der Waals surface area contributed by atoms with Crippen LogP contribution in [-0.4, -0.2) is 36.5 Å². The Kier molecular flexibility index (Phi) is 2.61. The zero-order valence-electron chi connectivity index (χ0n) is 5.71. The molecule has 0 amide bonds. The molecule has 1 rings (SSSR count). The zero-order valence-corrected chi connectivity index (χ0v) is 5.71. The van der Waals surface area contributed by atoms with Gasteiger partial charge in [-0.3, -0.25) is 0 Å². The lowest BCUT2D eigenvalue weighted by Gasteiger charge is -2.25. The van der Waals surface area contributed by atoms with E-state index in [1.54, 1.807) is 0 Å². The standard InChI is InChI=1S/C5H8N2O4/c8-4-2-11-1-3(6-9)5(4)7-10/h3-5,8H,1-2H2/t3-,4+,5+/m0/s1. The van der Waals surface area contributed by atoms with Crippen LogP contribution in [0, 0.1) is 9.81 Å². The van der Waals surface area contributed by atoms with Crippen LogP contribution in [0.15, 0.2) is 10.4 Å². The molecule has 1 aliphatic rings. The summed E-state index contributed by atoms with van der Waals surface area (Å²) in [7, 11) is 0. The topological polar surface area (TPSA) is 88.3 Å². The summed E-state index contributed by atoms with van der Waals surface area (Å²) in [6.07, 6.45) is -0.996. The van der Waals surface area contributed by atoms with E-state index in [9.17, 15) is 9.81 Å². The van der Waals surface area contributed by atoms with Crippen molar-refractivity contribution in [3.8, 4) is 0 Å². The Bertz CT molecular complexity index is 163. The van der Waals surface area contributed by atoms with Crippen LogP contribution in [0.2, 0.25) is 0 Å². The number of aliphatic hydroxyl groups excluding tert-OH is 1. The SMILES string of the molecule is O=N[C@H]1[C@H](O)COC[C@@H]1N=O. The normalized spacial score (nSPS) is 38.1. The first-order chi connectivity index (χ1) is 5.29. The number of nitrogens with zero attached hydrogens (tertiary/aromatic N) is 2. The van der Waals surface area contributed by atoms with Gasteiger partial charge in [0.1, 0.15) is 18.2 Å². The summed E-state index contributed by atoms with van der Waals surface area (Å²) in [5.74, 6) is 0. The maximum atomic E-state index is 10.1. The average molecular weight is 160 g/mol. The average Bonchev–Trinajstić information content (AvgIpc) is 2.04. The highest BCUT2D eigenvalue weighted by molar-refractivity contribution is 4.90. The summed E-state index contributed by atoms with van der Waals surface area (Å²) in [5, 5.41) is 14.3. The van der Waals surface area contributed by atoms with E-state index >= 15 is 0 Å². The van der Waals surface area contributed by atoms with Crippen LogP contribution in [0.4, 0.5) is 0 Å².